The highest BCUT2D eigenvalue weighted by Gasteiger charge is 2.30. The minimum absolute atomic E-state index is 0.0791. The molecule has 3 amide bonds. The Labute approximate surface area is 214 Å². The van der Waals surface area contributed by atoms with Crippen molar-refractivity contribution in [2.45, 2.75) is 56.3 Å². The number of amides is 3. The van der Waals surface area contributed by atoms with Crippen molar-refractivity contribution in [2.75, 3.05) is 13.2 Å². The van der Waals surface area contributed by atoms with Crippen LogP contribution in [0.5, 0.6) is 0 Å². The van der Waals surface area contributed by atoms with E-state index in [1.807, 2.05) is 30.3 Å². The first kappa shape index (κ1) is 29.4. The van der Waals surface area contributed by atoms with Gasteiger partial charge in [-0.15, -0.1) is 0 Å². The van der Waals surface area contributed by atoms with Crippen LogP contribution in [0.4, 0.5) is 0 Å². The molecule has 1 aromatic carbocycles. The zero-order chi connectivity index (χ0) is 27.2. The van der Waals surface area contributed by atoms with Crippen molar-refractivity contribution in [2.24, 2.45) is 11.5 Å². The second-order valence-corrected chi connectivity index (χ2v) is 8.57. The highest BCUT2D eigenvalue weighted by atomic mass is 16.4. The highest BCUT2D eigenvalue weighted by molar-refractivity contribution is 5.94. The minimum atomic E-state index is -1.44. The lowest BCUT2D eigenvalue weighted by atomic mass is 10.0. The largest absolute Gasteiger partial charge is 0.480 e. The van der Waals surface area contributed by atoms with Crippen molar-refractivity contribution in [3.8, 4) is 0 Å². The fourth-order valence-corrected chi connectivity index (χ4v) is 3.56. The van der Waals surface area contributed by atoms with E-state index in [9.17, 15) is 29.4 Å². The van der Waals surface area contributed by atoms with E-state index >= 15 is 0 Å². The Balaban J connectivity index is 2.02. The van der Waals surface area contributed by atoms with Crippen molar-refractivity contribution in [1.29, 1.82) is 0 Å². The average molecular weight is 518 g/mol. The summed E-state index contributed by atoms with van der Waals surface area (Å²) >= 11 is 0. The van der Waals surface area contributed by atoms with Gasteiger partial charge in [-0.3, -0.25) is 14.4 Å². The normalized spacial score (nSPS) is 14.1. The van der Waals surface area contributed by atoms with E-state index in [2.05, 4.69) is 25.9 Å². The third-order valence-corrected chi connectivity index (χ3v) is 5.62. The summed E-state index contributed by atoms with van der Waals surface area (Å²) < 4.78 is 0. The molecule has 0 aliphatic heterocycles. The number of H-pyrrole nitrogens is 1. The molecule has 37 heavy (non-hydrogen) atoms. The highest BCUT2D eigenvalue weighted by Crippen LogP contribution is 2.06. The van der Waals surface area contributed by atoms with Crippen LogP contribution in [0.25, 0.3) is 0 Å². The predicted octanol–water partition coefficient (Wildman–Crippen LogP) is -1.82. The van der Waals surface area contributed by atoms with Gasteiger partial charge in [-0.1, -0.05) is 30.3 Å². The van der Waals surface area contributed by atoms with Gasteiger partial charge in [0.2, 0.25) is 17.7 Å². The third kappa shape index (κ3) is 9.99. The van der Waals surface area contributed by atoms with Gasteiger partial charge in [-0.25, -0.2) is 9.78 Å². The number of hydrogen-bond donors (Lipinski definition) is 8. The SMILES string of the molecule is NCCCCC(NC(=O)C(N)Cc1ccccc1)C(=O)NC(CO)C(=O)NC(Cc1cnc[nH]1)C(=O)O. The van der Waals surface area contributed by atoms with E-state index in [-0.39, 0.29) is 19.3 Å². The van der Waals surface area contributed by atoms with Crippen LogP contribution in [-0.2, 0) is 32.0 Å². The summed E-state index contributed by atoms with van der Waals surface area (Å²) in [7, 11) is 0. The van der Waals surface area contributed by atoms with Crippen molar-refractivity contribution in [3.63, 3.8) is 0 Å². The molecule has 4 unspecified atom stereocenters. The molecule has 202 valence electrons. The number of aliphatic carboxylic acids is 1. The number of imidazole rings is 1. The summed E-state index contributed by atoms with van der Waals surface area (Å²) in [5.74, 6) is -3.46. The van der Waals surface area contributed by atoms with Crippen LogP contribution < -0.4 is 27.4 Å². The standard InChI is InChI=1S/C24H35N7O6/c25-9-5-4-8-18(29-21(33)17(26)10-15-6-2-1-3-7-15)22(34)31-20(13-32)23(35)30-19(24(36)37)11-16-12-27-14-28-16/h1-3,6-7,12,14,17-20,32H,4-5,8-11,13,25-26H2,(H,27,28)(H,29,33)(H,30,35)(H,31,34)(H,36,37). The molecule has 2 rings (SSSR count). The number of aromatic amines is 1. The summed E-state index contributed by atoms with van der Waals surface area (Å²) in [6.45, 7) is -0.394. The molecule has 0 aliphatic carbocycles. The van der Waals surface area contributed by atoms with Crippen molar-refractivity contribution in [3.05, 3.63) is 54.1 Å². The molecule has 0 fully saturated rings. The van der Waals surface area contributed by atoms with Gasteiger partial charge < -0.3 is 42.6 Å². The molecule has 0 aliphatic rings. The van der Waals surface area contributed by atoms with Gasteiger partial charge in [-0.05, 0) is 37.8 Å². The van der Waals surface area contributed by atoms with E-state index in [0.29, 0.717) is 25.1 Å². The van der Waals surface area contributed by atoms with E-state index < -0.39 is 54.5 Å². The molecule has 0 bridgehead atoms. The van der Waals surface area contributed by atoms with Gasteiger partial charge in [0, 0.05) is 18.3 Å². The summed E-state index contributed by atoms with van der Waals surface area (Å²) in [4.78, 5) is 56.5. The van der Waals surface area contributed by atoms with Crippen LogP contribution in [0, 0.1) is 0 Å². The van der Waals surface area contributed by atoms with Crippen molar-refractivity contribution >= 4 is 23.7 Å². The lowest BCUT2D eigenvalue weighted by Gasteiger charge is -2.24. The Hall–Kier alpha value is -3.81. The van der Waals surface area contributed by atoms with E-state index in [1.165, 1.54) is 12.5 Å². The fourth-order valence-electron chi connectivity index (χ4n) is 3.56. The molecule has 2 aromatic rings. The van der Waals surface area contributed by atoms with Gasteiger partial charge in [0.25, 0.3) is 0 Å². The second-order valence-electron chi connectivity index (χ2n) is 8.57. The number of nitrogens with two attached hydrogens (primary N) is 2. The Morgan fingerprint density at radius 2 is 1.57 bits per heavy atom. The lowest BCUT2D eigenvalue weighted by molar-refractivity contribution is -0.142. The number of carbonyl (C=O) groups excluding carboxylic acids is 3. The molecule has 13 heteroatoms. The molecular weight excluding hydrogens is 482 g/mol. The van der Waals surface area contributed by atoms with E-state index in [1.54, 1.807) is 0 Å². The number of nitrogens with zero attached hydrogens (tertiary/aromatic N) is 1. The van der Waals surface area contributed by atoms with Crippen LogP contribution >= 0.6 is 0 Å². The number of rotatable bonds is 16. The van der Waals surface area contributed by atoms with E-state index in [0.717, 1.165) is 5.56 Å². The van der Waals surface area contributed by atoms with Crippen LogP contribution in [0.3, 0.4) is 0 Å². The molecule has 0 spiro atoms. The Morgan fingerprint density at radius 3 is 2.16 bits per heavy atom. The first-order valence-electron chi connectivity index (χ1n) is 12.0. The maximum Gasteiger partial charge on any atom is 0.326 e. The number of aliphatic hydroxyl groups excluding tert-OH is 1. The number of aromatic nitrogens is 2. The summed E-state index contributed by atoms with van der Waals surface area (Å²) in [6, 6.07) is 4.44. The van der Waals surface area contributed by atoms with Crippen LogP contribution in [0.1, 0.15) is 30.5 Å². The Kier molecular flexibility index (Phi) is 12.2. The molecule has 10 N–H and O–H groups in total. The number of carboxylic acids is 1. The average Bonchev–Trinajstić information content (AvgIpc) is 3.39. The summed E-state index contributed by atoms with van der Waals surface area (Å²) in [5, 5.41) is 26.5. The smallest absolute Gasteiger partial charge is 0.326 e. The number of carbonyl (C=O) groups is 4. The molecule has 4 atom stereocenters. The quantitative estimate of drug-likeness (QED) is 0.117. The maximum atomic E-state index is 13.0. The topological polar surface area (TPSA) is 226 Å². The maximum absolute atomic E-state index is 13.0. The number of carboxylic acid groups (broad SMARTS) is 1. The molecule has 1 aromatic heterocycles. The molecule has 0 saturated heterocycles. The zero-order valence-electron chi connectivity index (χ0n) is 20.4. The number of unbranched alkanes of at least 4 members (excludes halogenated alkanes) is 1. The number of benzene rings is 1. The Morgan fingerprint density at radius 1 is 0.919 bits per heavy atom. The van der Waals surface area contributed by atoms with Crippen molar-refractivity contribution in [1.82, 2.24) is 25.9 Å². The first-order chi connectivity index (χ1) is 17.7. The molecule has 0 saturated carbocycles. The predicted molar refractivity (Wildman–Crippen MR) is 134 cm³/mol. The summed E-state index contributed by atoms with van der Waals surface area (Å²) in [6.07, 6.45) is 4.33. The zero-order valence-corrected chi connectivity index (χ0v) is 20.4. The first-order valence-corrected chi connectivity index (χ1v) is 12.0. The fraction of sp³-hybridized carbons (Fsp3) is 0.458. The lowest BCUT2D eigenvalue weighted by Crippen LogP contribution is -2.58. The van der Waals surface area contributed by atoms with Gasteiger partial charge in [0.1, 0.15) is 18.1 Å². The van der Waals surface area contributed by atoms with Gasteiger partial charge in [0.15, 0.2) is 0 Å². The van der Waals surface area contributed by atoms with Crippen LogP contribution in [0.15, 0.2) is 42.9 Å². The van der Waals surface area contributed by atoms with Gasteiger partial charge >= 0.3 is 5.97 Å². The second kappa shape index (κ2) is 15.3. The van der Waals surface area contributed by atoms with Crippen LogP contribution in [0.2, 0.25) is 0 Å². The molecular formula is C24H35N7O6. The number of hydrogen-bond acceptors (Lipinski definition) is 8. The molecule has 13 nitrogen and oxygen atoms in total. The van der Waals surface area contributed by atoms with Gasteiger partial charge in [-0.2, -0.15) is 0 Å². The Bertz CT molecular complexity index is 1000. The number of aliphatic hydroxyl groups is 1. The number of nitrogens with one attached hydrogen (secondary N) is 4. The van der Waals surface area contributed by atoms with E-state index in [4.69, 9.17) is 11.5 Å². The molecule has 0 radical (unpaired) electrons. The molecule has 1 heterocycles. The summed E-state index contributed by atoms with van der Waals surface area (Å²) in [5.41, 5.74) is 12.9. The minimum Gasteiger partial charge on any atom is -0.480 e. The van der Waals surface area contributed by atoms with Gasteiger partial charge in [0.05, 0.1) is 19.0 Å². The third-order valence-electron chi connectivity index (χ3n) is 5.62. The van der Waals surface area contributed by atoms with Crippen molar-refractivity contribution < 1.29 is 29.4 Å². The van der Waals surface area contributed by atoms with Crippen LogP contribution in [-0.4, -0.2) is 81.2 Å². The monoisotopic (exact) mass is 517 g/mol.